The molecule has 1 heterocycles. The number of hydrogen-bond acceptors (Lipinski definition) is 4. The second-order valence-electron chi connectivity index (χ2n) is 6.64. The van der Waals surface area contributed by atoms with Crippen molar-refractivity contribution < 1.29 is 23.9 Å². The molecule has 144 valence electrons. The Morgan fingerprint density at radius 1 is 0.926 bits per heavy atom. The molecule has 0 radical (unpaired) electrons. The van der Waals surface area contributed by atoms with Crippen LogP contribution in [0.15, 0.2) is 42.5 Å². The average molecular weight is 371 g/mol. The summed E-state index contributed by atoms with van der Waals surface area (Å²) >= 11 is 0. The molecule has 0 aliphatic carbocycles. The van der Waals surface area contributed by atoms with Crippen molar-refractivity contribution in [3.63, 3.8) is 0 Å². The summed E-state index contributed by atoms with van der Waals surface area (Å²) in [6.07, 6.45) is 0. The van der Waals surface area contributed by atoms with Crippen molar-refractivity contribution in [3.05, 3.63) is 53.6 Å². The van der Waals surface area contributed by atoms with E-state index in [0.29, 0.717) is 17.1 Å². The second-order valence-corrected chi connectivity index (χ2v) is 6.64. The van der Waals surface area contributed by atoms with Crippen LogP contribution in [0.4, 0.5) is 0 Å². The molecule has 1 saturated heterocycles. The highest BCUT2D eigenvalue weighted by Gasteiger charge is 2.25. The molecule has 6 heteroatoms. The van der Waals surface area contributed by atoms with E-state index in [9.17, 15) is 4.79 Å². The zero-order valence-corrected chi connectivity index (χ0v) is 16.2. The fourth-order valence-electron chi connectivity index (χ4n) is 3.39. The molecule has 0 atom stereocenters. The van der Waals surface area contributed by atoms with Crippen molar-refractivity contribution in [1.82, 2.24) is 4.90 Å². The number of hydrogen-bond donors (Lipinski definition) is 1. The predicted molar refractivity (Wildman–Crippen MR) is 103 cm³/mol. The Hall–Kier alpha value is -2.73. The van der Waals surface area contributed by atoms with Crippen LogP contribution in [0, 0.1) is 0 Å². The number of carbonyl (C=O) groups is 1. The van der Waals surface area contributed by atoms with Crippen LogP contribution in [-0.4, -0.2) is 58.3 Å². The number of piperazine rings is 1. The molecule has 2 aromatic carbocycles. The van der Waals surface area contributed by atoms with E-state index in [0.717, 1.165) is 38.5 Å². The van der Waals surface area contributed by atoms with Gasteiger partial charge in [0.1, 0.15) is 12.3 Å². The maximum absolute atomic E-state index is 12.8. The Morgan fingerprint density at radius 2 is 1.59 bits per heavy atom. The number of ether oxygens (including phenoxy) is 3. The molecule has 0 bridgehead atoms. The number of quaternary nitrogens is 1. The van der Waals surface area contributed by atoms with Crippen molar-refractivity contribution in [2.24, 2.45) is 0 Å². The number of nitrogens with one attached hydrogen (secondary N) is 1. The predicted octanol–water partition coefficient (Wildman–Crippen LogP) is 1.25. The first-order valence-electron chi connectivity index (χ1n) is 9.12. The van der Waals surface area contributed by atoms with E-state index in [-0.39, 0.29) is 5.91 Å². The number of benzene rings is 2. The number of amides is 1. The van der Waals surface area contributed by atoms with E-state index in [2.05, 4.69) is 12.1 Å². The third-order valence-corrected chi connectivity index (χ3v) is 5.00. The zero-order chi connectivity index (χ0) is 19.2. The Morgan fingerprint density at radius 3 is 2.19 bits per heavy atom. The van der Waals surface area contributed by atoms with Crippen LogP contribution in [0.25, 0.3) is 0 Å². The van der Waals surface area contributed by atoms with Crippen LogP contribution in [0.5, 0.6) is 17.2 Å². The van der Waals surface area contributed by atoms with Gasteiger partial charge in [0.05, 0.1) is 47.5 Å². The fraction of sp³-hybridized carbons (Fsp3) is 0.381. The molecule has 1 amide bonds. The monoisotopic (exact) mass is 371 g/mol. The molecular weight excluding hydrogens is 344 g/mol. The molecule has 0 saturated carbocycles. The molecular formula is C21H27N2O4+. The van der Waals surface area contributed by atoms with Gasteiger partial charge < -0.3 is 24.0 Å². The van der Waals surface area contributed by atoms with Gasteiger partial charge in [-0.3, -0.25) is 4.79 Å². The summed E-state index contributed by atoms with van der Waals surface area (Å²) < 4.78 is 15.8. The van der Waals surface area contributed by atoms with Gasteiger partial charge in [0, 0.05) is 11.1 Å². The highest BCUT2D eigenvalue weighted by molar-refractivity contribution is 5.95. The van der Waals surface area contributed by atoms with E-state index in [1.807, 2.05) is 17.0 Å². The summed E-state index contributed by atoms with van der Waals surface area (Å²) in [4.78, 5) is 16.2. The van der Waals surface area contributed by atoms with Crippen molar-refractivity contribution in [3.8, 4) is 17.2 Å². The molecule has 2 aromatic rings. The standard InChI is InChI=1S/C21H26N2O4/c1-25-18-7-4-16(5-8-18)15-22-10-12-23(13-11-22)21(24)17-6-9-19(26-2)20(14-17)27-3/h4-9,14H,10-13,15H2,1-3H3/p+1. The van der Waals surface area contributed by atoms with Crippen LogP contribution in [0.2, 0.25) is 0 Å². The molecule has 3 rings (SSSR count). The van der Waals surface area contributed by atoms with E-state index in [4.69, 9.17) is 14.2 Å². The SMILES string of the molecule is COc1ccc(C[NH+]2CCN(C(=O)c3ccc(OC)c(OC)c3)CC2)cc1. The number of nitrogens with zero attached hydrogens (tertiary/aromatic N) is 1. The van der Waals surface area contributed by atoms with Gasteiger partial charge in [0.25, 0.3) is 5.91 Å². The van der Waals surface area contributed by atoms with Gasteiger partial charge in [-0.25, -0.2) is 0 Å². The molecule has 27 heavy (non-hydrogen) atoms. The fourth-order valence-corrected chi connectivity index (χ4v) is 3.39. The molecule has 6 nitrogen and oxygen atoms in total. The van der Waals surface area contributed by atoms with Crippen LogP contribution >= 0.6 is 0 Å². The van der Waals surface area contributed by atoms with Crippen molar-refractivity contribution in [2.75, 3.05) is 47.5 Å². The molecule has 1 aliphatic rings. The highest BCUT2D eigenvalue weighted by atomic mass is 16.5. The first kappa shape index (κ1) is 19.0. The van der Waals surface area contributed by atoms with Crippen molar-refractivity contribution >= 4 is 5.91 Å². The van der Waals surface area contributed by atoms with Gasteiger partial charge in [-0.2, -0.15) is 0 Å². The first-order valence-corrected chi connectivity index (χ1v) is 9.12. The van der Waals surface area contributed by atoms with Crippen LogP contribution < -0.4 is 19.1 Å². The van der Waals surface area contributed by atoms with Gasteiger partial charge in [0.15, 0.2) is 11.5 Å². The molecule has 0 unspecified atom stereocenters. The van der Waals surface area contributed by atoms with Gasteiger partial charge in [-0.15, -0.1) is 0 Å². The second kappa shape index (κ2) is 8.77. The Bertz CT molecular complexity index is 768. The quantitative estimate of drug-likeness (QED) is 0.831. The minimum absolute atomic E-state index is 0.0412. The zero-order valence-electron chi connectivity index (χ0n) is 16.2. The minimum Gasteiger partial charge on any atom is -0.497 e. The lowest BCUT2D eigenvalue weighted by Crippen LogP contribution is -3.13. The van der Waals surface area contributed by atoms with E-state index in [1.54, 1.807) is 39.5 Å². The molecule has 1 aliphatic heterocycles. The van der Waals surface area contributed by atoms with Gasteiger partial charge in [0.2, 0.25) is 0 Å². The Labute approximate surface area is 160 Å². The first-order chi connectivity index (χ1) is 13.1. The maximum Gasteiger partial charge on any atom is 0.254 e. The lowest BCUT2D eigenvalue weighted by atomic mass is 10.1. The largest absolute Gasteiger partial charge is 0.497 e. The topological polar surface area (TPSA) is 52.4 Å². The van der Waals surface area contributed by atoms with Crippen LogP contribution in [0.3, 0.4) is 0 Å². The molecule has 1 fully saturated rings. The minimum atomic E-state index is 0.0412. The molecule has 1 N–H and O–H groups in total. The highest BCUT2D eigenvalue weighted by Crippen LogP contribution is 2.28. The summed E-state index contributed by atoms with van der Waals surface area (Å²) in [6, 6.07) is 13.5. The Balaban J connectivity index is 1.57. The van der Waals surface area contributed by atoms with E-state index < -0.39 is 0 Å². The third kappa shape index (κ3) is 4.52. The van der Waals surface area contributed by atoms with Crippen molar-refractivity contribution in [2.45, 2.75) is 6.54 Å². The van der Waals surface area contributed by atoms with Crippen LogP contribution in [-0.2, 0) is 6.54 Å². The third-order valence-electron chi connectivity index (χ3n) is 5.00. The van der Waals surface area contributed by atoms with Gasteiger partial charge >= 0.3 is 0 Å². The summed E-state index contributed by atoms with van der Waals surface area (Å²) in [5.74, 6) is 2.12. The average Bonchev–Trinajstić information content (AvgIpc) is 2.73. The summed E-state index contributed by atoms with van der Waals surface area (Å²) in [5, 5.41) is 0. The van der Waals surface area contributed by atoms with E-state index >= 15 is 0 Å². The Kier molecular flexibility index (Phi) is 6.19. The van der Waals surface area contributed by atoms with E-state index in [1.165, 1.54) is 10.5 Å². The smallest absolute Gasteiger partial charge is 0.254 e. The molecule has 0 spiro atoms. The normalized spacial score (nSPS) is 14.7. The summed E-state index contributed by atoms with van der Waals surface area (Å²) in [5.41, 5.74) is 1.91. The summed E-state index contributed by atoms with van der Waals surface area (Å²) in [7, 11) is 4.84. The maximum atomic E-state index is 12.8. The molecule has 0 aromatic heterocycles. The van der Waals surface area contributed by atoms with Crippen LogP contribution in [0.1, 0.15) is 15.9 Å². The van der Waals surface area contributed by atoms with Gasteiger partial charge in [-0.1, -0.05) is 0 Å². The number of methoxy groups -OCH3 is 3. The lowest BCUT2D eigenvalue weighted by Gasteiger charge is -2.32. The lowest BCUT2D eigenvalue weighted by molar-refractivity contribution is -0.917. The summed E-state index contributed by atoms with van der Waals surface area (Å²) in [6.45, 7) is 4.33. The number of carbonyl (C=O) groups excluding carboxylic acids is 1. The number of rotatable bonds is 6. The van der Waals surface area contributed by atoms with Gasteiger partial charge in [-0.05, 0) is 42.5 Å². The van der Waals surface area contributed by atoms with Crippen molar-refractivity contribution in [1.29, 1.82) is 0 Å².